The number of nitrogens with zero attached hydrogens (tertiary/aromatic N) is 1. The van der Waals surface area contributed by atoms with Crippen molar-refractivity contribution in [2.24, 2.45) is 5.73 Å². The van der Waals surface area contributed by atoms with Gasteiger partial charge in [0.2, 0.25) is 5.91 Å². The normalized spacial score (nSPS) is 11.1. The van der Waals surface area contributed by atoms with Crippen LogP contribution in [0.3, 0.4) is 0 Å². The number of carbonyl (C=O) groups excluding carboxylic acids is 2. The summed E-state index contributed by atoms with van der Waals surface area (Å²) >= 11 is 0.737. The van der Waals surface area contributed by atoms with E-state index < -0.39 is 28.4 Å². The number of nitrogens with one attached hydrogen (secondary N) is 1. The Bertz CT molecular complexity index is 535. The number of amides is 1. The highest BCUT2D eigenvalue weighted by Gasteiger charge is 2.26. The number of sulfonamides is 1. The SMILES string of the molecule is COC(=O)c1ncsc1S(=O)(=O)NCC(N)=O. The van der Waals surface area contributed by atoms with Gasteiger partial charge >= 0.3 is 5.97 Å². The summed E-state index contributed by atoms with van der Waals surface area (Å²) in [4.78, 5) is 25.3. The van der Waals surface area contributed by atoms with E-state index in [-0.39, 0.29) is 9.90 Å². The van der Waals surface area contributed by atoms with Gasteiger partial charge in [-0.2, -0.15) is 0 Å². The zero-order chi connectivity index (χ0) is 13.1. The van der Waals surface area contributed by atoms with E-state index in [0.717, 1.165) is 18.4 Å². The van der Waals surface area contributed by atoms with Crippen molar-refractivity contribution in [3.05, 3.63) is 11.2 Å². The van der Waals surface area contributed by atoms with Crippen molar-refractivity contribution in [1.29, 1.82) is 0 Å². The minimum absolute atomic E-state index is 0.314. The number of nitrogens with two attached hydrogens (primary N) is 1. The maximum absolute atomic E-state index is 11.7. The van der Waals surface area contributed by atoms with Gasteiger partial charge < -0.3 is 10.5 Å². The van der Waals surface area contributed by atoms with Gasteiger partial charge in [-0.15, -0.1) is 11.3 Å². The van der Waals surface area contributed by atoms with Crippen LogP contribution in [0, 0.1) is 0 Å². The summed E-state index contributed by atoms with van der Waals surface area (Å²) < 4.78 is 29.4. The lowest BCUT2D eigenvalue weighted by Gasteiger charge is -2.03. The molecule has 0 aromatic carbocycles. The lowest BCUT2D eigenvalue weighted by molar-refractivity contribution is -0.116. The topological polar surface area (TPSA) is 128 Å². The summed E-state index contributed by atoms with van der Waals surface area (Å²) in [7, 11) is -2.89. The van der Waals surface area contributed by atoms with Gasteiger partial charge in [0.25, 0.3) is 10.0 Å². The molecule has 94 valence electrons. The number of esters is 1. The molecule has 0 unspecified atom stereocenters. The van der Waals surface area contributed by atoms with Crippen molar-refractivity contribution < 1.29 is 22.7 Å². The first-order valence-corrected chi connectivity index (χ1v) is 6.54. The van der Waals surface area contributed by atoms with Crippen molar-refractivity contribution in [3.8, 4) is 0 Å². The van der Waals surface area contributed by atoms with Gasteiger partial charge in [0.15, 0.2) is 9.90 Å². The molecule has 17 heavy (non-hydrogen) atoms. The fraction of sp³-hybridized carbons (Fsp3) is 0.286. The van der Waals surface area contributed by atoms with Crippen molar-refractivity contribution >= 4 is 33.2 Å². The predicted molar refractivity (Wildman–Crippen MR) is 57.8 cm³/mol. The third-order valence-electron chi connectivity index (χ3n) is 1.59. The first kappa shape index (κ1) is 13.5. The van der Waals surface area contributed by atoms with E-state index in [2.05, 4.69) is 9.72 Å². The van der Waals surface area contributed by atoms with Crippen LogP contribution in [-0.2, 0) is 19.6 Å². The van der Waals surface area contributed by atoms with Gasteiger partial charge in [-0.3, -0.25) is 4.79 Å². The Morgan fingerprint density at radius 1 is 1.59 bits per heavy atom. The molecular weight excluding hydrogens is 270 g/mol. The third-order valence-corrected chi connectivity index (χ3v) is 4.37. The molecule has 0 aliphatic carbocycles. The molecule has 1 rings (SSSR count). The summed E-state index contributed by atoms with van der Waals surface area (Å²) in [6.07, 6.45) is 0. The Labute approximate surface area is 101 Å². The van der Waals surface area contributed by atoms with Crippen LogP contribution in [-0.4, -0.2) is 38.9 Å². The number of carbonyl (C=O) groups is 2. The highest BCUT2D eigenvalue weighted by atomic mass is 32.2. The molecule has 0 saturated carbocycles. The minimum Gasteiger partial charge on any atom is -0.464 e. The molecule has 3 N–H and O–H groups in total. The van der Waals surface area contributed by atoms with Gasteiger partial charge in [-0.25, -0.2) is 22.9 Å². The van der Waals surface area contributed by atoms with Gasteiger partial charge in [-0.1, -0.05) is 0 Å². The van der Waals surface area contributed by atoms with E-state index in [1.807, 2.05) is 4.72 Å². The highest BCUT2D eigenvalue weighted by Crippen LogP contribution is 2.20. The number of rotatable bonds is 5. The molecule has 1 aromatic heterocycles. The molecule has 0 aliphatic rings. The van der Waals surface area contributed by atoms with Gasteiger partial charge in [0.05, 0.1) is 19.2 Å². The second kappa shape index (κ2) is 5.21. The number of aromatic nitrogens is 1. The molecule has 1 aromatic rings. The number of hydrogen-bond acceptors (Lipinski definition) is 7. The monoisotopic (exact) mass is 279 g/mol. The molecule has 8 nitrogen and oxygen atoms in total. The van der Waals surface area contributed by atoms with Crippen LogP contribution in [0.25, 0.3) is 0 Å². The average molecular weight is 279 g/mol. The smallest absolute Gasteiger partial charge is 0.358 e. The lowest BCUT2D eigenvalue weighted by atomic mass is 10.5. The molecule has 10 heteroatoms. The fourth-order valence-electron chi connectivity index (χ4n) is 0.890. The number of hydrogen-bond donors (Lipinski definition) is 2. The standard InChI is InChI=1S/C7H9N3O5S2/c1-15-6(12)5-7(16-3-9-5)17(13,14)10-2-4(8)11/h3,10H,2H2,1H3,(H2,8,11). The summed E-state index contributed by atoms with van der Waals surface area (Å²) in [5, 5.41) is 0. The van der Waals surface area contributed by atoms with E-state index in [9.17, 15) is 18.0 Å². The Kier molecular flexibility index (Phi) is 4.15. The molecule has 1 heterocycles. The summed E-state index contributed by atoms with van der Waals surface area (Å²) in [6, 6.07) is 0. The first-order chi connectivity index (χ1) is 7.88. The minimum atomic E-state index is -3.99. The number of primary amides is 1. The Morgan fingerprint density at radius 3 is 2.76 bits per heavy atom. The van der Waals surface area contributed by atoms with E-state index in [1.54, 1.807) is 0 Å². The second-order valence-corrected chi connectivity index (χ2v) is 5.59. The van der Waals surface area contributed by atoms with Crippen molar-refractivity contribution in [3.63, 3.8) is 0 Å². The largest absolute Gasteiger partial charge is 0.464 e. The molecule has 0 bridgehead atoms. The number of ether oxygens (including phenoxy) is 1. The van der Waals surface area contributed by atoms with Gasteiger partial charge in [0.1, 0.15) is 0 Å². The van der Waals surface area contributed by atoms with E-state index in [0.29, 0.717) is 0 Å². The van der Waals surface area contributed by atoms with Crippen LogP contribution in [0.1, 0.15) is 10.5 Å². The van der Waals surface area contributed by atoms with Crippen LogP contribution in [0.5, 0.6) is 0 Å². The molecule has 0 aliphatic heterocycles. The van der Waals surface area contributed by atoms with Gasteiger partial charge in [-0.05, 0) is 0 Å². The average Bonchev–Trinajstić information content (AvgIpc) is 2.75. The van der Waals surface area contributed by atoms with E-state index in [1.165, 1.54) is 5.51 Å². The second-order valence-electron chi connectivity index (χ2n) is 2.77. The maximum Gasteiger partial charge on any atom is 0.358 e. The van der Waals surface area contributed by atoms with Gasteiger partial charge in [0, 0.05) is 0 Å². The van der Waals surface area contributed by atoms with Crippen molar-refractivity contribution in [2.75, 3.05) is 13.7 Å². The van der Waals surface area contributed by atoms with Crippen molar-refractivity contribution in [1.82, 2.24) is 9.71 Å². The summed E-state index contributed by atoms with van der Waals surface area (Å²) in [6.45, 7) is -0.555. The lowest BCUT2D eigenvalue weighted by Crippen LogP contribution is -2.33. The predicted octanol–water partition coefficient (Wildman–Crippen LogP) is -1.31. The zero-order valence-corrected chi connectivity index (χ0v) is 10.3. The molecule has 0 atom stereocenters. The summed E-state index contributed by atoms with van der Waals surface area (Å²) in [5.74, 6) is -1.71. The quantitative estimate of drug-likeness (QED) is 0.644. The van der Waals surface area contributed by atoms with Crippen molar-refractivity contribution in [2.45, 2.75) is 4.21 Å². The molecule has 0 fully saturated rings. The molecule has 0 radical (unpaired) electrons. The third kappa shape index (κ3) is 3.22. The maximum atomic E-state index is 11.7. The number of methoxy groups -OCH3 is 1. The van der Waals surface area contributed by atoms with Crippen LogP contribution >= 0.6 is 11.3 Å². The molecule has 0 saturated heterocycles. The Morgan fingerprint density at radius 2 is 2.24 bits per heavy atom. The molecule has 1 amide bonds. The zero-order valence-electron chi connectivity index (χ0n) is 8.67. The first-order valence-electron chi connectivity index (χ1n) is 4.18. The highest BCUT2D eigenvalue weighted by molar-refractivity contribution is 7.91. The Balaban J connectivity index is 3.03. The fourth-order valence-corrected chi connectivity index (χ4v) is 3.06. The molecule has 0 spiro atoms. The van der Waals surface area contributed by atoms with Crippen LogP contribution in [0.2, 0.25) is 0 Å². The number of thiazole rings is 1. The van der Waals surface area contributed by atoms with Crippen LogP contribution in [0.4, 0.5) is 0 Å². The van der Waals surface area contributed by atoms with Crippen LogP contribution in [0.15, 0.2) is 9.72 Å². The van der Waals surface area contributed by atoms with E-state index >= 15 is 0 Å². The van der Waals surface area contributed by atoms with E-state index in [4.69, 9.17) is 5.73 Å². The Hall–Kier alpha value is -1.52. The summed E-state index contributed by atoms with van der Waals surface area (Å²) in [5.41, 5.74) is 5.67. The van der Waals surface area contributed by atoms with Crippen LogP contribution < -0.4 is 10.5 Å². The molecular formula is C7H9N3O5S2.